The Balaban J connectivity index is 1.50. The number of likely N-dealkylation sites (tertiary alicyclic amines) is 1. The van der Waals surface area contributed by atoms with Gasteiger partial charge in [0, 0.05) is 30.0 Å². The number of piperidine rings is 1. The summed E-state index contributed by atoms with van der Waals surface area (Å²) >= 11 is 0. The minimum atomic E-state index is -0.168. The van der Waals surface area contributed by atoms with Gasteiger partial charge in [-0.25, -0.2) is 0 Å². The highest BCUT2D eigenvalue weighted by atomic mass is 16.5. The average Bonchev–Trinajstić information content (AvgIpc) is 2.77. The number of carbonyl (C=O) groups excluding carboxylic acids is 2. The van der Waals surface area contributed by atoms with Gasteiger partial charge in [-0.2, -0.15) is 0 Å². The average molecular weight is 396 g/mol. The van der Waals surface area contributed by atoms with E-state index in [2.05, 4.69) is 17.6 Å². The second-order valence-electron chi connectivity index (χ2n) is 7.21. The maximum absolute atomic E-state index is 12.6. The third-order valence-corrected chi connectivity index (χ3v) is 4.82. The van der Waals surface area contributed by atoms with Crippen LogP contribution in [0.25, 0.3) is 0 Å². The third-order valence-electron chi connectivity index (χ3n) is 4.82. The molecule has 0 saturated carbocycles. The van der Waals surface area contributed by atoms with Crippen molar-refractivity contribution in [3.8, 4) is 5.75 Å². The predicted molar refractivity (Wildman–Crippen MR) is 116 cm³/mol. The molecule has 0 radical (unpaired) electrons. The molecule has 6 nitrogen and oxygen atoms in total. The Morgan fingerprint density at radius 2 is 1.76 bits per heavy atom. The molecule has 0 bridgehead atoms. The molecule has 3 rings (SSSR count). The van der Waals surface area contributed by atoms with Crippen LogP contribution in [0.2, 0.25) is 0 Å². The highest BCUT2D eigenvalue weighted by Gasteiger charge is 2.18. The van der Waals surface area contributed by atoms with Crippen molar-refractivity contribution in [2.45, 2.75) is 32.6 Å². The van der Waals surface area contributed by atoms with Crippen molar-refractivity contribution in [2.75, 3.05) is 36.9 Å². The molecule has 2 amide bonds. The normalized spacial score (nSPS) is 13.6. The molecule has 2 N–H and O–H groups in total. The highest BCUT2D eigenvalue weighted by molar-refractivity contribution is 5.98. The van der Waals surface area contributed by atoms with Gasteiger partial charge < -0.3 is 20.3 Å². The number of anilines is 2. The van der Waals surface area contributed by atoms with Crippen LogP contribution in [0.4, 0.5) is 11.4 Å². The van der Waals surface area contributed by atoms with Crippen LogP contribution in [0.5, 0.6) is 5.75 Å². The Bertz CT molecular complexity index is 814. The van der Waals surface area contributed by atoms with Crippen LogP contribution >= 0.6 is 0 Å². The van der Waals surface area contributed by atoms with E-state index in [0.29, 0.717) is 17.9 Å². The van der Waals surface area contributed by atoms with Crippen molar-refractivity contribution in [3.63, 3.8) is 0 Å². The van der Waals surface area contributed by atoms with Crippen molar-refractivity contribution < 1.29 is 14.3 Å². The number of rotatable bonds is 8. The van der Waals surface area contributed by atoms with E-state index in [9.17, 15) is 9.59 Å². The second kappa shape index (κ2) is 10.5. The first kappa shape index (κ1) is 20.7. The summed E-state index contributed by atoms with van der Waals surface area (Å²) in [4.78, 5) is 26.8. The standard InChI is InChI=1S/C23H29N3O3/c1-2-15-29-21-11-9-19(10-12-21)24-17-22(27)25-20-8-6-7-18(16-20)23(28)26-13-4-3-5-14-26/h6-12,16,24H,2-5,13-15,17H2,1H3,(H,25,27). The smallest absolute Gasteiger partial charge is 0.253 e. The summed E-state index contributed by atoms with van der Waals surface area (Å²) in [5.41, 5.74) is 2.08. The summed E-state index contributed by atoms with van der Waals surface area (Å²) in [5, 5.41) is 5.95. The fraction of sp³-hybridized carbons (Fsp3) is 0.391. The van der Waals surface area contributed by atoms with E-state index in [4.69, 9.17) is 4.74 Å². The minimum absolute atomic E-state index is 0.0318. The lowest BCUT2D eigenvalue weighted by Gasteiger charge is -2.26. The van der Waals surface area contributed by atoms with Gasteiger partial charge in [-0.15, -0.1) is 0 Å². The topological polar surface area (TPSA) is 70.7 Å². The third kappa shape index (κ3) is 6.24. The molecule has 0 unspecified atom stereocenters. The number of amides is 2. The van der Waals surface area contributed by atoms with Gasteiger partial charge >= 0.3 is 0 Å². The predicted octanol–water partition coefficient (Wildman–Crippen LogP) is 4.15. The van der Waals surface area contributed by atoms with Gasteiger partial charge in [-0.1, -0.05) is 13.0 Å². The van der Waals surface area contributed by atoms with Gasteiger partial charge in [0.05, 0.1) is 13.2 Å². The highest BCUT2D eigenvalue weighted by Crippen LogP contribution is 2.17. The van der Waals surface area contributed by atoms with Gasteiger partial charge in [-0.3, -0.25) is 9.59 Å². The van der Waals surface area contributed by atoms with Crippen molar-refractivity contribution in [1.82, 2.24) is 4.90 Å². The SMILES string of the molecule is CCCOc1ccc(NCC(=O)Nc2cccc(C(=O)N3CCCCC3)c2)cc1. The van der Waals surface area contributed by atoms with E-state index in [1.807, 2.05) is 29.2 Å². The molecule has 29 heavy (non-hydrogen) atoms. The van der Waals surface area contributed by atoms with E-state index in [0.717, 1.165) is 43.8 Å². The maximum Gasteiger partial charge on any atom is 0.253 e. The van der Waals surface area contributed by atoms with Crippen LogP contribution in [0, 0.1) is 0 Å². The molecule has 0 aliphatic carbocycles. The molecule has 6 heteroatoms. The van der Waals surface area contributed by atoms with Crippen molar-refractivity contribution in [3.05, 3.63) is 54.1 Å². The van der Waals surface area contributed by atoms with Crippen molar-refractivity contribution >= 4 is 23.2 Å². The maximum atomic E-state index is 12.6. The first-order valence-corrected chi connectivity index (χ1v) is 10.3. The van der Waals surface area contributed by atoms with E-state index in [1.165, 1.54) is 6.42 Å². The van der Waals surface area contributed by atoms with Crippen LogP contribution in [-0.2, 0) is 4.79 Å². The van der Waals surface area contributed by atoms with Crippen LogP contribution in [-0.4, -0.2) is 43.0 Å². The molecule has 2 aromatic rings. The van der Waals surface area contributed by atoms with Gasteiger partial charge in [0.25, 0.3) is 5.91 Å². The molecular weight excluding hydrogens is 366 g/mol. The molecule has 1 aliphatic rings. The number of hydrogen-bond acceptors (Lipinski definition) is 4. The largest absolute Gasteiger partial charge is 0.494 e. The van der Waals surface area contributed by atoms with E-state index < -0.39 is 0 Å². The number of hydrogen-bond donors (Lipinski definition) is 2. The number of benzene rings is 2. The number of nitrogens with zero attached hydrogens (tertiary/aromatic N) is 1. The number of ether oxygens (including phenoxy) is 1. The summed E-state index contributed by atoms with van der Waals surface area (Å²) in [7, 11) is 0. The van der Waals surface area contributed by atoms with Gasteiger partial charge in [-0.05, 0) is 68.1 Å². The Hall–Kier alpha value is -3.02. The molecule has 1 fully saturated rings. The molecular formula is C23H29N3O3. The number of carbonyl (C=O) groups is 2. The Morgan fingerprint density at radius 3 is 2.48 bits per heavy atom. The summed E-state index contributed by atoms with van der Waals surface area (Å²) in [6.07, 6.45) is 4.26. The fourth-order valence-electron chi connectivity index (χ4n) is 3.29. The minimum Gasteiger partial charge on any atom is -0.494 e. The molecule has 0 atom stereocenters. The molecule has 0 spiro atoms. The Morgan fingerprint density at radius 1 is 1.00 bits per heavy atom. The van der Waals surface area contributed by atoms with Gasteiger partial charge in [0.15, 0.2) is 0 Å². The Kier molecular flexibility index (Phi) is 7.50. The van der Waals surface area contributed by atoms with Gasteiger partial charge in [0.2, 0.25) is 5.91 Å². The second-order valence-corrected chi connectivity index (χ2v) is 7.21. The summed E-state index contributed by atoms with van der Waals surface area (Å²) in [6.45, 7) is 4.50. The van der Waals surface area contributed by atoms with Crippen molar-refractivity contribution in [1.29, 1.82) is 0 Å². The molecule has 1 aliphatic heterocycles. The zero-order valence-corrected chi connectivity index (χ0v) is 16.9. The van der Waals surface area contributed by atoms with Crippen molar-refractivity contribution in [2.24, 2.45) is 0 Å². The Labute approximate surface area is 172 Å². The summed E-state index contributed by atoms with van der Waals surface area (Å²) in [6, 6.07) is 14.7. The summed E-state index contributed by atoms with van der Waals surface area (Å²) < 4.78 is 5.55. The van der Waals surface area contributed by atoms with Crippen LogP contribution < -0.4 is 15.4 Å². The van der Waals surface area contributed by atoms with E-state index >= 15 is 0 Å². The molecule has 154 valence electrons. The monoisotopic (exact) mass is 395 g/mol. The molecule has 2 aromatic carbocycles. The van der Waals surface area contributed by atoms with Crippen LogP contribution in [0.1, 0.15) is 43.0 Å². The zero-order chi connectivity index (χ0) is 20.5. The molecule has 1 heterocycles. The fourth-order valence-corrected chi connectivity index (χ4v) is 3.29. The lowest BCUT2D eigenvalue weighted by atomic mass is 10.1. The first-order valence-electron chi connectivity index (χ1n) is 10.3. The molecule has 1 saturated heterocycles. The first-order chi connectivity index (χ1) is 14.2. The van der Waals surface area contributed by atoms with Crippen LogP contribution in [0.15, 0.2) is 48.5 Å². The van der Waals surface area contributed by atoms with E-state index in [1.54, 1.807) is 24.3 Å². The van der Waals surface area contributed by atoms with Crippen LogP contribution in [0.3, 0.4) is 0 Å². The number of nitrogens with one attached hydrogen (secondary N) is 2. The van der Waals surface area contributed by atoms with Gasteiger partial charge in [0.1, 0.15) is 5.75 Å². The molecule has 0 aromatic heterocycles. The van der Waals surface area contributed by atoms with E-state index in [-0.39, 0.29) is 18.4 Å². The lowest BCUT2D eigenvalue weighted by Crippen LogP contribution is -2.35. The quantitative estimate of drug-likeness (QED) is 0.704. The zero-order valence-electron chi connectivity index (χ0n) is 16.9. The lowest BCUT2D eigenvalue weighted by molar-refractivity contribution is -0.114. The summed E-state index contributed by atoms with van der Waals surface area (Å²) in [5.74, 6) is 0.681.